The summed E-state index contributed by atoms with van der Waals surface area (Å²) in [6.07, 6.45) is 4.00. The Morgan fingerprint density at radius 2 is 2.53 bits per heavy atom. The van der Waals surface area contributed by atoms with Gasteiger partial charge in [0, 0.05) is 32.0 Å². The number of imidazole rings is 1. The monoisotopic (exact) mass is 232 g/mol. The van der Waals surface area contributed by atoms with Gasteiger partial charge in [0.15, 0.2) is 0 Å². The molecule has 0 radical (unpaired) electrons. The van der Waals surface area contributed by atoms with Crippen LogP contribution in [0.25, 0.3) is 5.65 Å². The number of ether oxygens (including phenoxy) is 1. The first-order chi connectivity index (χ1) is 8.43. The quantitative estimate of drug-likeness (QED) is 0.819. The lowest BCUT2D eigenvalue weighted by molar-refractivity contribution is 0.0372. The van der Waals surface area contributed by atoms with Gasteiger partial charge in [0.25, 0.3) is 0 Å². The molecule has 1 aliphatic heterocycles. The Hall–Kier alpha value is -1.59. The number of fused-ring (bicyclic) bond motifs is 1. The van der Waals surface area contributed by atoms with Crippen molar-refractivity contribution in [3.63, 3.8) is 0 Å². The molecule has 3 heterocycles. The van der Waals surface area contributed by atoms with Gasteiger partial charge in [-0.2, -0.15) is 0 Å². The van der Waals surface area contributed by atoms with Crippen molar-refractivity contribution in [2.75, 3.05) is 31.6 Å². The standard InChI is InChI=1S/C12H16N4O/c1-2-11-14-4-6-16(11)12(3-1)15-9-10-8-13-5-7-17-10/h1-4,6,10,13,15H,5,7-9H2. The predicted molar refractivity (Wildman–Crippen MR) is 66.3 cm³/mol. The largest absolute Gasteiger partial charge is 0.374 e. The number of nitrogens with one attached hydrogen (secondary N) is 2. The lowest BCUT2D eigenvalue weighted by Crippen LogP contribution is -2.42. The summed E-state index contributed by atoms with van der Waals surface area (Å²) in [7, 11) is 0. The third kappa shape index (κ3) is 2.25. The van der Waals surface area contributed by atoms with Crippen LogP contribution in [0, 0.1) is 0 Å². The van der Waals surface area contributed by atoms with Gasteiger partial charge in [-0.25, -0.2) is 4.98 Å². The van der Waals surface area contributed by atoms with Crippen LogP contribution in [0.4, 0.5) is 5.82 Å². The van der Waals surface area contributed by atoms with Crippen LogP contribution in [0.3, 0.4) is 0 Å². The molecule has 0 spiro atoms. The Bertz CT molecular complexity index is 490. The second-order valence-corrected chi connectivity index (χ2v) is 4.14. The molecule has 1 saturated heterocycles. The van der Waals surface area contributed by atoms with Crippen LogP contribution in [0.15, 0.2) is 30.6 Å². The van der Waals surface area contributed by atoms with Gasteiger partial charge in [0.1, 0.15) is 11.5 Å². The van der Waals surface area contributed by atoms with Crippen LogP contribution < -0.4 is 10.6 Å². The second kappa shape index (κ2) is 4.73. The normalized spacial score (nSPS) is 20.6. The van der Waals surface area contributed by atoms with E-state index >= 15 is 0 Å². The van der Waals surface area contributed by atoms with Gasteiger partial charge in [0.2, 0.25) is 0 Å². The highest BCUT2D eigenvalue weighted by atomic mass is 16.5. The van der Waals surface area contributed by atoms with Crippen LogP contribution >= 0.6 is 0 Å². The van der Waals surface area contributed by atoms with E-state index in [-0.39, 0.29) is 6.10 Å². The van der Waals surface area contributed by atoms with E-state index in [2.05, 4.69) is 15.6 Å². The van der Waals surface area contributed by atoms with Crippen molar-refractivity contribution < 1.29 is 4.74 Å². The average Bonchev–Trinajstić information content (AvgIpc) is 2.86. The Kier molecular flexibility index (Phi) is 2.94. The topological polar surface area (TPSA) is 50.6 Å². The van der Waals surface area contributed by atoms with E-state index in [0.717, 1.165) is 37.7 Å². The number of anilines is 1. The summed E-state index contributed by atoms with van der Waals surface area (Å²) >= 11 is 0. The maximum absolute atomic E-state index is 5.64. The fourth-order valence-corrected chi connectivity index (χ4v) is 2.06. The predicted octanol–water partition coefficient (Wildman–Crippen LogP) is 0.735. The van der Waals surface area contributed by atoms with Crippen LogP contribution in [0.2, 0.25) is 0 Å². The molecule has 2 aromatic rings. The second-order valence-electron chi connectivity index (χ2n) is 4.14. The highest BCUT2D eigenvalue weighted by Gasteiger charge is 2.13. The maximum Gasteiger partial charge on any atom is 0.138 e. The summed E-state index contributed by atoms with van der Waals surface area (Å²) in [5.41, 5.74) is 0.956. The Morgan fingerprint density at radius 3 is 3.41 bits per heavy atom. The van der Waals surface area contributed by atoms with Crippen LogP contribution in [-0.2, 0) is 4.74 Å². The smallest absolute Gasteiger partial charge is 0.138 e. The number of morpholine rings is 1. The Morgan fingerprint density at radius 1 is 1.53 bits per heavy atom. The van der Waals surface area contributed by atoms with E-state index in [1.54, 1.807) is 6.20 Å². The van der Waals surface area contributed by atoms with Gasteiger partial charge < -0.3 is 15.4 Å². The van der Waals surface area contributed by atoms with Gasteiger partial charge in [-0.3, -0.25) is 4.40 Å². The van der Waals surface area contributed by atoms with Crippen molar-refractivity contribution in [2.45, 2.75) is 6.10 Å². The molecule has 0 aliphatic carbocycles. The summed E-state index contributed by atoms with van der Waals surface area (Å²) < 4.78 is 7.68. The minimum absolute atomic E-state index is 0.238. The number of pyridine rings is 1. The van der Waals surface area contributed by atoms with Crippen molar-refractivity contribution in [3.8, 4) is 0 Å². The number of rotatable bonds is 3. The molecule has 1 aliphatic rings. The number of nitrogens with zero attached hydrogens (tertiary/aromatic N) is 2. The summed E-state index contributed by atoms with van der Waals surface area (Å²) in [5, 5.41) is 6.72. The third-order valence-electron chi connectivity index (χ3n) is 2.94. The van der Waals surface area contributed by atoms with E-state index in [1.807, 2.05) is 28.8 Å². The van der Waals surface area contributed by atoms with Crippen molar-refractivity contribution in [1.82, 2.24) is 14.7 Å². The van der Waals surface area contributed by atoms with Crippen LogP contribution in [0.1, 0.15) is 0 Å². The van der Waals surface area contributed by atoms with Crippen molar-refractivity contribution >= 4 is 11.5 Å². The summed E-state index contributed by atoms with van der Waals surface area (Å²) in [5.74, 6) is 1.05. The van der Waals surface area contributed by atoms with Crippen LogP contribution in [-0.4, -0.2) is 41.7 Å². The first-order valence-corrected chi connectivity index (χ1v) is 5.92. The van der Waals surface area contributed by atoms with Crippen molar-refractivity contribution in [2.24, 2.45) is 0 Å². The van der Waals surface area contributed by atoms with Crippen LogP contribution in [0.5, 0.6) is 0 Å². The molecular formula is C12H16N4O. The van der Waals surface area contributed by atoms with E-state index in [0.29, 0.717) is 0 Å². The van der Waals surface area contributed by atoms with Gasteiger partial charge in [-0.1, -0.05) is 6.07 Å². The number of hydrogen-bond donors (Lipinski definition) is 2. The Labute approximate surface area is 99.8 Å². The molecule has 1 unspecified atom stereocenters. The van der Waals surface area contributed by atoms with E-state index in [4.69, 9.17) is 4.74 Å². The molecule has 90 valence electrons. The zero-order valence-electron chi connectivity index (χ0n) is 9.60. The van der Waals surface area contributed by atoms with E-state index < -0.39 is 0 Å². The summed E-state index contributed by atoms with van der Waals surface area (Å²) in [6.45, 7) is 3.46. The maximum atomic E-state index is 5.64. The molecule has 2 N–H and O–H groups in total. The fraction of sp³-hybridized carbons (Fsp3) is 0.417. The molecular weight excluding hydrogens is 216 g/mol. The molecule has 1 fully saturated rings. The molecule has 17 heavy (non-hydrogen) atoms. The number of hydrogen-bond acceptors (Lipinski definition) is 4. The molecule has 0 saturated carbocycles. The lowest BCUT2D eigenvalue weighted by Gasteiger charge is -2.24. The van der Waals surface area contributed by atoms with E-state index in [1.165, 1.54) is 0 Å². The zero-order valence-corrected chi connectivity index (χ0v) is 9.60. The zero-order chi connectivity index (χ0) is 11.5. The summed E-state index contributed by atoms with van der Waals surface area (Å²) in [6, 6.07) is 6.04. The molecule has 5 heteroatoms. The first kappa shape index (κ1) is 10.6. The van der Waals surface area contributed by atoms with Crippen molar-refractivity contribution in [1.29, 1.82) is 0 Å². The highest BCUT2D eigenvalue weighted by Crippen LogP contribution is 2.11. The summed E-state index contributed by atoms with van der Waals surface area (Å²) in [4.78, 5) is 4.25. The molecule has 0 bridgehead atoms. The van der Waals surface area contributed by atoms with E-state index in [9.17, 15) is 0 Å². The van der Waals surface area contributed by atoms with Gasteiger partial charge in [-0.05, 0) is 12.1 Å². The number of aromatic nitrogens is 2. The highest BCUT2D eigenvalue weighted by molar-refractivity contribution is 5.49. The van der Waals surface area contributed by atoms with Gasteiger partial charge in [0.05, 0.1) is 12.7 Å². The minimum atomic E-state index is 0.238. The molecule has 2 aromatic heterocycles. The Balaban J connectivity index is 1.69. The average molecular weight is 232 g/mol. The molecule has 3 rings (SSSR count). The third-order valence-corrected chi connectivity index (χ3v) is 2.94. The van der Waals surface area contributed by atoms with Gasteiger partial charge in [-0.15, -0.1) is 0 Å². The SMILES string of the molecule is c1cc(NCC2CNCCO2)n2ccnc2c1. The minimum Gasteiger partial charge on any atom is -0.374 e. The molecule has 5 nitrogen and oxygen atoms in total. The molecule has 1 atom stereocenters. The molecule has 0 amide bonds. The fourth-order valence-electron chi connectivity index (χ4n) is 2.06. The lowest BCUT2D eigenvalue weighted by atomic mass is 10.3. The first-order valence-electron chi connectivity index (χ1n) is 5.92. The van der Waals surface area contributed by atoms with Crippen molar-refractivity contribution in [3.05, 3.63) is 30.6 Å². The van der Waals surface area contributed by atoms with Gasteiger partial charge >= 0.3 is 0 Å². The molecule has 0 aromatic carbocycles.